The van der Waals surface area contributed by atoms with Crippen LogP contribution in [0.25, 0.3) is 0 Å². The van der Waals surface area contributed by atoms with Crippen molar-refractivity contribution in [3.63, 3.8) is 0 Å². The number of carbonyl (C=O) groups excluding carboxylic acids is 3. The van der Waals surface area contributed by atoms with Gasteiger partial charge in [0.05, 0.1) is 12.7 Å². The second-order valence-corrected chi connectivity index (χ2v) is 13.2. The first-order chi connectivity index (χ1) is 18.1. The molecule has 0 amide bonds. The molecule has 4 fully saturated rings. The first-order valence-electron chi connectivity index (χ1n) is 14.6. The van der Waals surface area contributed by atoms with Gasteiger partial charge in [0.15, 0.2) is 0 Å². The normalized spacial score (nSPS) is 40.9. The zero-order valence-electron chi connectivity index (χ0n) is 23.3. The van der Waals surface area contributed by atoms with Crippen LogP contribution >= 0.6 is 0 Å². The van der Waals surface area contributed by atoms with E-state index >= 15 is 4.39 Å². The van der Waals surface area contributed by atoms with Gasteiger partial charge in [0.25, 0.3) is 0 Å². The molecule has 1 aromatic carbocycles. The molecule has 0 spiro atoms. The van der Waals surface area contributed by atoms with E-state index in [0.29, 0.717) is 54.8 Å². The largest absolute Gasteiger partial charge is 0.469 e. The minimum Gasteiger partial charge on any atom is -0.469 e. The van der Waals surface area contributed by atoms with Crippen molar-refractivity contribution in [3.8, 4) is 0 Å². The van der Waals surface area contributed by atoms with Gasteiger partial charge in [-0.15, -0.1) is 0 Å². The summed E-state index contributed by atoms with van der Waals surface area (Å²) in [5.41, 5.74) is 0.243. The van der Waals surface area contributed by atoms with E-state index in [1.54, 1.807) is 24.3 Å². The Morgan fingerprint density at radius 1 is 1.08 bits per heavy atom. The summed E-state index contributed by atoms with van der Waals surface area (Å²) >= 11 is 0. The summed E-state index contributed by atoms with van der Waals surface area (Å²) in [6, 6.07) is 8.73. The summed E-state index contributed by atoms with van der Waals surface area (Å²) in [5, 5.41) is 0. The Labute approximate surface area is 226 Å². The van der Waals surface area contributed by atoms with Crippen molar-refractivity contribution in [1.82, 2.24) is 0 Å². The molecule has 0 aromatic heterocycles. The summed E-state index contributed by atoms with van der Waals surface area (Å²) < 4.78 is 26.2. The standard InChI is InChI=1S/C32H43FO5/c1-19(10-13-28(35)37-4)22-11-12-23-29-24(14-15-31(22,23)2)32(3)18-25(33)27(17-21(32)16-26(29)34)38-30(36)20-8-6-5-7-9-20/h5-9,19,21-25,27,29H,10-18H2,1-4H3/t19-,21-,22-,23+,24+,25-,27+,29+,31-,32+/m1/s1. The summed E-state index contributed by atoms with van der Waals surface area (Å²) in [4.78, 5) is 38.2. The molecule has 5 nitrogen and oxygen atoms in total. The van der Waals surface area contributed by atoms with Crippen LogP contribution in [-0.4, -0.2) is 37.1 Å². The van der Waals surface area contributed by atoms with Crippen molar-refractivity contribution in [2.45, 2.75) is 90.8 Å². The van der Waals surface area contributed by atoms with Crippen LogP contribution in [-0.2, 0) is 19.1 Å². The molecular formula is C32H43FO5. The van der Waals surface area contributed by atoms with E-state index in [1.165, 1.54) is 7.11 Å². The fraction of sp³-hybridized carbons (Fsp3) is 0.719. The van der Waals surface area contributed by atoms with Crippen molar-refractivity contribution >= 4 is 17.7 Å². The molecule has 1 aromatic rings. The number of methoxy groups -OCH3 is 1. The average molecular weight is 527 g/mol. The molecule has 0 radical (unpaired) electrons. The Balaban J connectivity index is 1.30. The lowest BCUT2D eigenvalue weighted by Crippen LogP contribution is -2.59. The van der Waals surface area contributed by atoms with Crippen LogP contribution in [0.15, 0.2) is 30.3 Å². The number of halogens is 1. The highest BCUT2D eigenvalue weighted by molar-refractivity contribution is 5.89. The van der Waals surface area contributed by atoms with Gasteiger partial charge in [-0.25, -0.2) is 9.18 Å². The molecule has 4 aliphatic carbocycles. The summed E-state index contributed by atoms with van der Waals surface area (Å²) in [6.07, 6.45) is 4.56. The lowest BCUT2D eigenvalue weighted by Gasteiger charge is -2.60. The maximum absolute atomic E-state index is 15.7. The highest BCUT2D eigenvalue weighted by Gasteiger charge is 2.64. The molecular weight excluding hydrogens is 483 g/mol. The van der Waals surface area contributed by atoms with Gasteiger partial charge in [0, 0.05) is 18.8 Å². The number of carbonyl (C=O) groups is 3. The van der Waals surface area contributed by atoms with Gasteiger partial charge in [-0.05, 0) is 97.5 Å². The number of rotatable bonds is 6. The van der Waals surface area contributed by atoms with E-state index in [4.69, 9.17) is 9.47 Å². The third-order valence-corrected chi connectivity index (χ3v) is 11.5. The van der Waals surface area contributed by atoms with Crippen molar-refractivity contribution in [2.75, 3.05) is 7.11 Å². The van der Waals surface area contributed by atoms with Crippen molar-refractivity contribution in [2.24, 2.45) is 46.3 Å². The minimum atomic E-state index is -1.22. The van der Waals surface area contributed by atoms with E-state index in [-0.39, 0.29) is 34.6 Å². The van der Waals surface area contributed by atoms with E-state index in [1.807, 2.05) is 6.07 Å². The molecule has 0 N–H and O–H groups in total. The van der Waals surface area contributed by atoms with Gasteiger partial charge in [-0.1, -0.05) is 39.0 Å². The minimum absolute atomic E-state index is 0.0107. The molecule has 0 heterocycles. The molecule has 0 aliphatic heterocycles. The van der Waals surface area contributed by atoms with E-state index < -0.39 is 18.2 Å². The number of ether oxygens (including phenoxy) is 2. The Morgan fingerprint density at radius 3 is 2.50 bits per heavy atom. The van der Waals surface area contributed by atoms with E-state index in [0.717, 1.165) is 32.1 Å². The van der Waals surface area contributed by atoms with Gasteiger partial charge in [-0.2, -0.15) is 0 Å². The Bertz CT molecular complexity index is 1060. The van der Waals surface area contributed by atoms with Crippen molar-refractivity contribution in [3.05, 3.63) is 35.9 Å². The number of fused-ring (bicyclic) bond motifs is 5. The molecule has 208 valence electrons. The fourth-order valence-electron chi connectivity index (χ4n) is 9.42. The third-order valence-electron chi connectivity index (χ3n) is 11.5. The number of alkyl halides is 1. The Hall–Kier alpha value is -2.24. The number of Topliss-reactive ketones (excluding diaryl/α,β-unsaturated/α-hetero) is 1. The summed E-state index contributed by atoms with van der Waals surface area (Å²) in [5.74, 6) is 1.10. The van der Waals surface area contributed by atoms with Crippen LogP contribution in [0, 0.1) is 46.3 Å². The van der Waals surface area contributed by atoms with Gasteiger partial charge in [-0.3, -0.25) is 9.59 Å². The first kappa shape index (κ1) is 27.3. The number of esters is 2. The smallest absolute Gasteiger partial charge is 0.338 e. The molecule has 5 rings (SSSR count). The van der Waals surface area contributed by atoms with Crippen molar-refractivity contribution in [1.29, 1.82) is 0 Å². The van der Waals surface area contributed by atoms with Crippen LogP contribution < -0.4 is 0 Å². The number of hydrogen-bond donors (Lipinski definition) is 0. The molecule has 4 aliphatic rings. The molecule has 0 bridgehead atoms. The summed E-state index contributed by atoms with van der Waals surface area (Å²) in [6.45, 7) is 6.83. The highest BCUT2D eigenvalue weighted by atomic mass is 19.1. The topological polar surface area (TPSA) is 69.7 Å². The first-order valence-corrected chi connectivity index (χ1v) is 14.6. The zero-order valence-corrected chi connectivity index (χ0v) is 23.3. The Morgan fingerprint density at radius 2 is 1.79 bits per heavy atom. The van der Waals surface area contributed by atoms with E-state index in [2.05, 4.69) is 20.8 Å². The lowest BCUT2D eigenvalue weighted by atomic mass is 9.44. The molecule has 0 saturated heterocycles. The molecule has 4 saturated carbocycles. The molecule has 10 atom stereocenters. The second-order valence-electron chi connectivity index (χ2n) is 13.2. The van der Waals surface area contributed by atoms with E-state index in [9.17, 15) is 14.4 Å². The van der Waals surface area contributed by atoms with Gasteiger partial charge in [0.1, 0.15) is 18.1 Å². The Kier molecular flexibility index (Phi) is 7.47. The molecule has 38 heavy (non-hydrogen) atoms. The van der Waals surface area contributed by atoms with Crippen LogP contribution in [0.1, 0.15) is 88.9 Å². The zero-order chi connectivity index (χ0) is 27.2. The predicted molar refractivity (Wildman–Crippen MR) is 142 cm³/mol. The quantitative estimate of drug-likeness (QED) is 0.391. The lowest BCUT2D eigenvalue weighted by molar-refractivity contribution is -0.168. The maximum atomic E-state index is 15.7. The van der Waals surface area contributed by atoms with Crippen LogP contribution in [0.2, 0.25) is 0 Å². The third kappa shape index (κ3) is 4.60. The molecule has 0 unspecified atom stereocenters. The van der Waals surface area contributed by atoms with Gasteiger partial charge >= 0.3 is 11.9 Å². The summed E-state index contributed by atoms with van der Waals surface area (Å²) in [7, 11) is 1.44. The fourth-order valence-corrected chi connectivity index (χ4v) is 9.42. The predicted octanol–water partition coefficient (Wildman–Crippen LogP) is 6.59. The van der Waals surface area contributed by atoms with Crippen LogP contribution in [0.4, 0.5) is 4.39 Å². The maximum Gasteiger partial charge on any atom is 0.338 e. The highest BCUT2D eigenvalue weighted by Crippen LogP contribution is 2.68. The van der Waals surface area contributed by atoms with Crippen molar-refractivity contribution < 1.29 is 28.2 Å². The van der Waals surface area contributed by atoms with Crippen LogP contribution in [0.3, 0.4) is 0 Å². The number of ketones is 1. The average Bonchev–Trinajstić information content (AvgIpc) is 3.26. The van der Waals surface area contributed by atoms with Gasteiger partial charge < -0.3 is 9.47 Å². The molecule has 6 heteroatoms. The van der Waals surface area contributed by atoms with Crippen LogP contribution in [0.5, 0.6) is 0 Å². The number of hydrogen-bond acceptors (Lipinski definition) is 5. The second kappa shape index (κ2) is 10.4. The monoisotopic (exact) mass is 526 g/mol. The van der Waals surface area contributed by atoms with Gasteiger partial charge in [0.2, 0.25) is 0 Å². The number of benzene rings is 1. The SMILES string of the molecule is COC(=O)CC[C@@H](C)[C@H]1CC[C@H]2[C@@H]3C(=O)C[C@@H]4C[C@H](OC(=O)c5ccccc5)[C@H](F)C[C@]4(C)[C@H]3CC[C@]12C.